The Morgan fingerprint density at radius 2 is 1.74 bits per heavy atom. The molecule has 2 heterocycles. The molecule has 6 nitrogen and oxygen atoms in total. The van der Waals surface area contributed by atoms with Crippen LogP contribution in [0.1, 0.15) is 48.9 Å². The normalized spacial score (nSPS) is 15.4. The van der Waals surface area contributed by atoms with Crippen molar-refractivity contribution in [2.24, 2.45) is 0 Å². The Bertz CT molecular complexity index is 820. The molecule has 0 aliphatic carbocycles. The number of hydrogen-bond acceptors (Lipinski definition) is 3. The largest absolute Gasteiger partial charge is 0.333 e. The number of rotatable bonds is 4. The van der Waals surface area contributed by atoms with Crippen LogP contribution in [0.5, 0.6) is 0 Å². The second kappa shape index (κ2) is 8.37. The van der Waals surface area contributed by atoms with Crippen LogP contribution in [0.25, 0.3) is 5.69 Å². The first-order chi connectivity index (χ1) is 12.9. The molecule has 6 heteroatoms. The molecule has 0 radical (unpaired) electrons. The lowest BCUT2D eigenvalue weighted by molar-refractivity contribution is -0.135. The Labute approximate surface area is 160 Å². The van der Waals surface area contributed by atoms with Gasteiger partial charge < -0.3 is 10.2 Å². The minimum atomic E-state index is -0.186. The lowest BCUT2D eigenvalue weighted by atomic mass is 10.1. The maximum absolute atomic E-state index is 12.6. The first-order valence-corrected chi connectivity index (χ1v) is 9.65. The first-order valence-electron chi connectivity index (χ1n) is 9.65. The van der Waals surface area contributed by atoms with Crippen LogP contribution >= 0.6 is 0 Å². The fraction of sp³-hybridized carbons (Fsp3) is 0.476. The molecule has 2 aromatic rings. The third kappa shape index (κ3) is 4.96. The van der Waals surface area contributed by atoms with Crippen molar-refractivity contribution >= 4 is 17.6 Å². The van der Waals surface area contributed by atoms with Crippen LogP contribution in [0.15, 0.2) is 24.3 Å². The number of nitrogens with one attached hydrogen (secondary N) is 1. The van der Waals surface area contributed by atoms with Gasteiger partial charge in [-0.05, 0) is 56.9 Å². The maximum atomic E-state index is 12.6. The molecule has 3 rings (SSSR count). The molecule has 0 unspecified atom stereocenters. The molecule has 1 aliphatic heterocycles. The van der Waals surface area contributed by atoms with E-state index in [1.54, 1.807) is 9.58 Å². The van der Waals surface area contributed by atoms with Crippen molar-refractivity contribution < 1.29 is 9.59 Å². The molecule has 0 saturated carbocycles. The van der Waals surface area contributed by atoms with E-state index in [1.165, 1.54) is 0 Å². The second-order valence-electron chi connectivity index (χ2n) is 7.46. The Morgan fingerprint density at radius 3 is 2.48 bits per heavy atom. The summed E-state index contributed by atoms with van der Waals surface area (Å²) in [5.41, 5.74) is 4.02. The van der Waals surface area contributed by atoms with Crippen LogP contribution in [0, 0.1) is 20.8 Å². The van der Waals surface area contributed by atoms with E-state index >= 15 is 0 Å². The predicted molar refractivity (Wildman–Crippen MR) is 106 cm³/mol. The third-order valence-corrected chi connectivity index (χ3v) is 4.81. The van der Waals surface area contributed by atoms with Crippen molar-refractivity contribution in [1.29, 1.82) is 0 Å². The van der Waals surface area contributed by atoms with Gasteiger partial charge in [-0.15, -0.1) is 0 Å². The van der Waals surface area contributed by atoms with Crippen molar-refractivity contribution in [2.75, 3.05) is 18.4 Å². The zero-order valence-corrected chi connectivity index (χ0v) is 16.4. The van der Waals surface area contributed by atoms with E-state index in [0.717, 1.165) is 48.2 Å². The van der Waals surface area contributed by atoms with Gasteiger partial charge in [0.15, 0.2) is 0 Å². The summed E-state index contributed by atoms with van der Waals surface area (Å²) in [4.78, 5) is 26.5. The van der Waals surface area contributed by atoms with Gasteiger partial charge in [-0.3, -0.25) is 9.59 Å². The summed E-state index contributed by atoms with van der Waals surface area (Å²) < 4.78 is 1.75. The van der Waals surface area contributed by atoms with Gasteiger partial charge in [0.1, 0.15) is 5.82 Å². The number of aryl methyl sites for hydroxylation is 3. The molecule has 0 spiro atoms. The lowest BCUT2D eigenvalue weighted by Gasteiger charge is -2.24. The van der Waals surface area contributed by atoms with Crippen molar-refractivity contribution in [3.63, 3.8) is 0 Å². The molecule has 0 bridgehead atoms. The van der Waals surface area contributed by atoms with Gasteiger partial charge in [0.25, 0.3) is 0 Å². The monoisotopic (exact) mass is 368 g/mol. The summed E-state index contributed by atoms with van der Waals surface area (Å²) in [5.74, 6) is 0.514. The lowest BCUT2D eigenvalue weighted by Crippen LogP contribution is -2.39. The summed E-state index contributed by atoms with van der Waals surface area (Å²) in [6.45, 7) is 6.73. The quantitative estimate of drug-likeness (QED) is 0.898. The molecular weight excluding hydrogens is 340 g/mol. The van der Waals surface area contributed by atoms with Gasteiger partial charge in [0.2, 0.25) is 11.8 Å². The molecule has 1 aliphatic rings. The number of nitrogens with zero attached hydrogens (tertiary/aromatic N) is 3. The average molecular weight is 368 g/mol. The van der Waals surface area contributed by atoms with Crippen LogP contribution in [0.4, 0.5) is 5.82 Å². The van der Waals surface area contributed by atoms with E-state index in [4.69, 9.17) is 0 Å². The number of likely N-dealkylation sites (tertiary alicyclic amines) is 1. The minimum absolute atomic E-state index is 0.0730. The van der Waals surface area contributed by atoms with E-state index in [1.807, 2.05) is 39.0 Å². The molecule has 1 fully saturated rings. The van der Waals surface area contributed by atoms with E-state index in [9.17, 15) is 9.59 Å². The van der Waals surface area contributed by atoms with Crippen molar-refractivity contribution in [1.82, 2.24) is 14.7 Å². The predicted octanol–water partition coefficient (Wildman–Crippen LogP) is 3.53. The van der Waals surface area contributed by atoms with Crippen LogP contribution < -0.4 is 5.32 Å². The highest BCUT2D eigenvalue weighted by Crippen LogP contribution is 2.20. The molecule has 27 heavy (non-hydrogen) atoms. The molecule has 0 atom stereocenters. The summed E-state index contributed by atoms with van der Waals surface area (Å²) >= 11 is 0. The minimum Gasteiger partial charge on any atom is -0.333 e. The number of benzene rings is 1. The molecule has 1 N–H and O–H groups in total. The van der Waals surface area contributed by atoms with E-state index in [-0.39, 0.29) is 18.4 Å². The third-order valence-electron chi connectivity index (χ3n) is 4.81. The summed E-state index contributed by atoms with van der Waals surface area (Å²) in [7, 11) is 0. The molecular formula is C21H28N4O2. The number of anilines is 1. The van der Waals surface area contributed by atoms with Crippen molar-refractivity contribution in [3.05, 3.63) is 41.1 Å². The SMILES string of the molecule is Cc1cc(C)cc(-n2nc(C)cc2NC(=O)CN2CCCCCCC2=O)c1. The zero-order valence-electron chi connectivity index (χ0n) is 16.4. The van der Waals surface area contributed by atoms with Gasteiger partial charge in [0.05, 0.1) is 17.9 Å². The molecule has 2 amide bonds. The second-order valence-corrected chi connectivity index (χ2v) is 7.46. The smallest absolute Gasteiger partial charge is 0.245 e. The van der Waals surface area contributed by atoms with Crippen molar-refractivity contribution in [2.45, 2.75) is 52.9 Å². The van der Waals surface area contributed by atoms with Crippen LogP contribution in [-0.2, 0) is 9.59 Å². The van der Waals surface area contributed by atoms with Crippen LogP contribution in [-0.4, -0.2) is 39.6 Å². The highest BCUT2D eigenvalue weighted by molar-refractivity contribution is 5.94. The van der Waals surface area contributed by atoms with Crippen molar-refractivity contribution in [3.8, 4) is 5.69 Å². The van der Waals surface area contributed by atoms with Gasteiger partial charge in [-0.1, -0.05) is 18.9 Å². The Balaban J connectivity index is 1.75. The number of hydrogen-bond donors (Lipinski definition) is 1. The van der Waals surface area contributed by atoms with Crippen LogP contribution in [0.2, 0.25) is 0 Å². The molecule has 1 aromatic carbocycles. The first kappa shape index (κ1) is 19.1. The number of carbonyl (C=O) groups is 2. The molecule has 144 valence electrons. The highest BCUT2D eigenvalue weighted by atomic mass is 16.2. The van der Waals surface area contributed by atoms with Crippen LogP contribution in [0.3, 0.4) is 0 Å². The Morgan fingerprint density at radius 1 is 1.04 bits per heavy atom. The highest BCUT2D eigenvalue weighted by Gasteiger charge is 2.19. The standard InChI is InChI=1S/C21H28N4O2/c1-15-10-16(2)12-18(11-15)25-19(13-17(3)23-25)22-20(26)14-24-9-7-5-4-6-8-21(24)27/h10-13H,4-9,14H2,1-3H3,(H,22,26). The zero-order chi connectivity index (χ0) is 19.4. The Hall–Kier alpha value is -2.63. The fourth-order valence-corrected chi connectivity index (χ4v) is 3.60. The Kier molecular flexibility index (Phi) is 5.94. The van der Waals surface area contributed by atoms with Gasteiger partial charge >= 0.3 is 0 Å². The number of carbonyl (C=O) groups excluding carboxylic acids is 2. The van der Waals surface area contributed by atoms with E-state index < -0.39 is 0 Å². The topological polar surface area (TPSA) is 67.2 Å². The van der Waals surface area contributed by atoms with E-state index in [2.05, 4.69) is 16.5 Å². The molecule has 1 aromatic heterocycles. The van der Waals surface area contributed by atoms with Gasteiger partial charge in [0, 0.05) is 19.0 Å². The molecule has 1 saturated heterocycles. The van der Waals surface area contributed by atoms with Gasteiger partial charge in [-0.2, -0.15) is 5.10 Å². The van der Waals surface area contributed by atoms with Gasteiger partial charge in [-0.25, -0.2) is 4.68 Å². The van der Waals surface area contributed by atoms with E-state index in [0.29, 0.717) is 18.8 Å². The summed E-state index contributed by atoms with van der Waals surface area (Å²) in [5, 5.41) is 7.47. The maximum Gasteiger partial charge on any atom is 0.245 e. The summed E-state index contributed by atoms with van der Waals surface area (Å²) in [6, 6.07) is 8.03. The summed E-state index contributed by atoms with van der Waals surface area (Å²) in [6.07, 6.45) is 4.62. The number of aromatic nitrogens is 2. The average Bonchev–Trinajstić information content (AvgIpc) is 2.94. The number of amides is 2. The fourth-order valence-electron chi connectivity index (χ4n) is 3.60.